The third-order valence-corrected chi connectivity index (χ3v) is 34.6. The van der Waals surface area contributed by atoms with Crippen molar-refractivity contribution in [3.63, 3.8) is 0 Å². The second-order valence-corrected chi connectivity index (χ2v) is 48.4. The van der Waals surface area contributed by atoms with Crippen LogP contribution in [0.25, 0.3) is 33.4 Å². The van der Waals surface area contributed by atoms with E-state index in [9.17, 15) is 0 Å². The standard InChI is InChI=1S/C42H46Br2N2.C41H48B2O4.C29H20Br2.C15H12Br2/c1-7-9-11-33-25-29(3)41(30(4)26-33)45(37-17-13-35(43)14-18-37)39-21-23-40(24-22-39)46(38-19-15-36(44)16-20-38)42-31(5)27-34(12-10-8-2)28-32(42)6;1-25-17-26(2)20-29(19-25)41(30-21-27(3)18-28(4)22-30)35-23-31(42-44-37(5,6)38(7,8)45-42)13-15-33(35)34-16-14-32(24-36(34)41)43-46-39(9,10)40(11,12)47-43;30-23-9-11-25-26-12-10-24(31)16-28(26)29(27(25)15-23,21-7-5-17-1-3-19(17)13-21)22-8-6-18-2-4-20(18)14-22;1-15(2)13-7-9(16)3-5-11(13)12-6-4-10(17)8-14(12)15/h13-28H,7-12H2,1-6H3;13-24H,1-12H3;5-16H,1-4H2;3-8H,1-2H3. The number of hydrogen-bond donors (Lipinski definition) is 0. The van der Waals surface area contributed by atoms with Gasteiger partial charge in [-0.3, -0.25) is 0 Å². The molecule has 0 unspecified atom stereocenters. The molecule has 2 heterocycles. The van der Waals surface area contributed by atoms with E-state index in [4.69, 9.17) is 18.6 Å². The van der Waals surface area contributed by atoms with Crippen LogP contribution in [0.4, 0.5) is 34.1 Å². The first-order chi connectivity index (χ1) is 67.2. The van der Waals surface area contributed by atoms with Gasteiger partial charge in [0.1, 0.15) is 0 Å². The fraction of sp³-hybridized carbons (Fsp3) is 0.291. The van der Waals surface area contributed by atoms with Crippen LogP contribution in [0.3, 0.4) is 0 Å². The van der Waals surface area contributed by atoms with Crippen molar-refractivity contribution in [1.29, 1.82) is 0 Å². The Morgan fingerprint density at radius 3 is 0.816 bits per heavy atom. The summed E-state index contributed by atoms with van der Waals surface area (Å²) in [6.45, 7) is 43.8. The molecule has 2 saturated heterocycles. The molecule has 5 aliphatic carbocycles. The molecule has 0 amide bonds. The Morgan fingerprint density at radius 2 is 0.525 bits per heavy atom. The van der Waals surface area contributed by atoms with Gasteiger partial charge in [-0.2, -0.15) is 0 Å². The third-order valence-electron chi connectivity index (χ3n) is 31.5. The highest BCUT2D eigenvalue weighted by Crippen LogP contribution is 2.61. The highest BCUT2D eigenvalue weighted by molar-refractivity contribution is 9.11. The van der Waals surface area contributed by atoms with Crippen LogP contribution in [0.2, 0.25) is 0 Å². The third kappa shape index (κ3) is 18.7. The molecule has 2 aliphatic heterocycles. The SMILES string of the molecule is Brc1ccc2c(c1)C(c1ccc3c(c1)CC3)(c1ccc3c(c1)CC3)c1cc(Br)ccc1-2.CC1(C)c2cc(Br)ccc2-c2ccc(Br)cc21.CCCCc1cc(C)c(N(c2ccc(Br)cc2)c2ccc(N(c3ccc(Br)cc3)c3c(C)cc(CCCC)cc3C)cc2)c(C)c1.Cc1cc(C)cc(C2(c3cc(C)cc(C)c3)c3cc(B4OC(C)(C)C(C)(C)O4)ccc3-c3ccc(B4OC(C)(C)C(C)(C)O4)cc32)c1. The highest BCUT2D eigenvalue weighted by Gasteiger charge is 2.56. The quantitative estimate of drug-likeness (QED) is 0.0798. The maximum absolute atomic E-state index is 6.61. The lowest BCUT2D eigenvalue weighted by atomic mass is 9.64. The fourth-order valence-corrected chi connectivity index (χ4v) is 24.9. The van der Waals surface area contributed by atoms with Crippen molar-refractivity contribution in [3.8, 4) is 33.4 Å². The van der Waals surface area contributed by atoms with Gasteiger partial charge in [-0.15, -0.1) is 0 Å². The Kier molecular flexibility index (Phi) is 28.0. The maximum atomic E-state index is 6.61. The minimum absolute atomic E-state index is 0.0816. The van der Waals surface area contributed by atoms with Gasteiger partial charge in [0, 0.05) is 55.0 Å². The molecule has 15 aromatic rings. The number of aryl methyl sites for hydroxylation is 14. The minimum atomic E-state index is -0.600. The fourth-order valence-electron chi connectivity index (χ4n) is 23.0. The van der Waals surface area contributed by atoms with Crippen LogP contribution in [-0.4, -0.2) is 36.6 Å². The van der Waals surface area contributed by atoms with Gasteiger partial charge in [0.25, 0.3) is 0 Å². The normalized spacial score (nSPS) is 16.2. The van der Waals surface area contributed by atoms with Gasteiger partial charge in [0.05, 0.1) is 44.6 Å². The van der Waals surface area contributed by atoms with Crippen LogP contribution in [0, 0.1) is 55.4 Å². The lowest BCUT2D eigenvalue weighted by Gasteiger charge is -2.36. The van der Waals surface area contributed by atoms with E-state index in [-0.39, 0.29) is 10.8 Å². The maximum Gasteiger partial charge on any atom is 0.494 e. The second-order valence-electron chi connectivity index (χ2n) is 42.9. The van der Waals surface area contributed by atoms with Crippen molar-refractivity contribution >= 4 is 155 Å². The summed E-state index contributed by atoms with van der Waals surface area (Å²) in [6.07, 6.45) is 11.9. The molecule has 716 valence electrons. The van der Waals surface area contributed by atoms with E-state index in [1.165, 1.54) is 230 Å². The number of rotatable bonds is 18. The summed E-state index contributed by atoms with van der Waals surface area (Å²) in [7, 11) is -0.934. The predicted octanol–water partition coefficient (Wildman–Crippen LogP) is 35.2. The summed E-state index contributed by atoms with van der Waals surface area (Å²) in [4.78, 5) is 4.82. The summed E-state index contributed by atoms with van der Waals surface area (Å²) in [5.74, 6) is 0. The first-order valence-corrected chi connectivity index (χ1v) is 55.0. The van der Waals surface area contributed by atoms with Gasteiger partial charge in [-0.05, 0) is 439 Å². The molecule has 14 heteroatoms. The molecule has 15 aromatic carbocycles. The average Bonchev–Trinajstić information content (AvgIpc) is 1.55. The van der Waals surface area contributed by atoms with E-state index in [0.717, 1.165) is 73.4 Å². The molecule has 6 nitrogen and oxygen atoms in total. The second kappa shape index (κ2) is 39.3. The summed E-state index contributed by atoms with van der Waals surface area (Å²) >= 11 is 22.0. The van der Waals surface area contributed by atoms with Crippen molar-refractivity contribution in [1.82, 2.24) is 0 Å². The molecule has 0 saturated carbocycles. The first kappa shape index (κ1) is 100. The van der Waals surface area contributed by atoms with E-state index in [2.05, 4.69) is 523 Å². The van der Waals surface area contributed by atoms with Crippen LogP contribution in [0.15, 0.2) is 306 Å². The molecule has 141 heavy (non-hydrogen) atoms. The largest absolute Gasteiger partial charge is 0.494 e. The smallest absolute Gasteiger partial charge is 0.399 e. The predicted molar refractivity (Wildman–Crippen MR) is 615 cm³/mol. The number of hydrogen-bond acceptors (Lipinski definition) is 6. The number of benzene rings is 15. The molecule has 22 rings (SSSR count). The monoisotopic (exact) mass is 2240 g/mol. The van der Waals surface area contributed by atoms with Crippen molar-refractivity contribution in [2.75, 3.05) is 9.80 Å². The van der Waals surface area contributed by atoms with Crippen LogP contribution >= 0.6 is 95.6 Å². The lowest BCUT2D eigenvalue weighted by Crippen LogP contribution is -2.41. The minimum Gasteiger partial charge on any atom is -0.399 e. The Labute approximate surface area is 889 Å². The molecule has 2 fully saturated rings. The lowest BCUT2D eigenvalue weighted by molar-refractivity contribution is 0.00578. The van der Waals surface area contributed by atoms with E-state index in [1.54, 1.807) is 0 Å². The molecule has 0 radical (unpaired) electrons. The van der Waals surface area contributed by atoms with Gasteiger partial charge in [0.2, 0.25) is 0 Å². The zero-order chi connectivity index (χ0) is 99.6. The zero-order valence-electron chi connectivity index (χ0n) is 85.1. The summed E-state index contributed by atoms with van der Waals surface area (Å²) < 4.78 is 33.2. The first-order valence-electron chi connectivity index (χ1n) is 50.2. The average molecular weight is 2250 g/mol. The van der Waals surface area contributed by atoms with Crippen molar-refractivity contribution < 1.29 is 18.6 Å². The van der Waals surface area contributed by atoms with Gasteiger partial charge in [-0.1, -0.05) is 316 Å². The van der Waals surface area contributed by atoms with E-state index in [1.807, 2.05) is 0 Å². The zero-order valence-corrected chi connectivity index (χ0v) is 94.6. The Morgan fingerprint density at radius 1 is 0.262 bits per heavy atom. The van der Waals surface area contributed by atoms with Crippen LogP contribution < -0.4 is 20.7 Å². The van der Waals surface area contributed by atoms with Crippen LogP contribution in [0.1, 0.15) is 242 Å². The number of unbranched alkanes of at least 4 members (excludes halogenated alkanes) is 2. The summed E-state index contributed by atoms with van der Waals surface area (Å²) in [5, 5.41) is 0. The van der Waals surface area contributed by atoms with Crippen molar-refractivity contribution in [2.24, 2.45) is 0 Å². The molecular formula is C127H126B2Br6N2O4. The molecule has 0 N–H and O–H groups in total. The molecule has 0 bridgehead atoms. The number of nitrogens with zero attached hydrogens (tertiary/aromatic N) is 2. The van der Waals surface area contributed by atoms with Crippen molar-refractivity contribution in [3.05, 3.63) is 439 Å². The molecular weight excluding hydrogens is 2120 g/mol. The number of halogens is 6. The van der Waals surface area contributed by atoms with Gasteiger partial charge < -0.3 is 28.4 Å². The molecule has 0 spiro atoms. The van der Waals surface area contributed by atoms with E-state index >= 15 is 0 Å². The Balaban J connectivity index is 0.000000126. The highest BCUT2D eigenvalue weighted by atomic mass is 79.9. The van der Waals surface area contributed by atoms with E-state index < -0.39 is 42.1 Å². The van der Waals surface area contributed by atoms with Gasteiger partial charge in [-0.25, -0.2) is 0 Å². The van der Waals surface area contributed by atoms with E-state index in [0.29, 0.717) is 0 Å². The summed E-state index contributed by atoms with van der Waals surface area (Å²) in [6, 6.07) is 105. The van der Waals surface area contributed by atoms with Crippen LogP contribution in [-0.2, 0) is 73.4 Å². The van der Waals surface area contributed by atoms with Crippen LogP contribution in [0.5, 0.6) is 0 Å². The molecule has 0 aromatic heterocycles. The van der Waals surface area contributed by atoms with Gasteiger partial charge >= 0.3 is 14.2 Å². The summed E-state index contributed by atoms with van der Waals surface area (Å²) in [5.41, 5.74) is 46.7. The Bertz CT molecular complexity index is 6850. The molecule has 0 atom stereocenters. The topological polar surface area (TPSA) is 43.4 Å². The van der Waals surface area contributed by atoms with Crippen molar-refractivity contribution in [2.45, 2.75) is 241 Å². The molecule has 7 aliphatic rings. The number of fused-ring (bicyclic) bond motifs is 11. The Hall–Kier alpha value is -9.25. The number of anilines is 6. The van der Waals surface area contributed by atoms with Gasteiger partial charge in [0.15, 0.2) is 0 Å².